The fourth-order valence-corrected chi connectivity index (χ4v) is 2.97. The summed E-state index contributed by atoms with van der Waals surface area (Å²) in [6, 6.07) is 5.42. The lowest BCUT2D eigenvalue weighted by Gasteiger charge is -2.09. The smallest absolute Gasteiger partial charge is 0.341 e. The number of rotatable bonds is 5. The zero-order valence-electron chi connectivity index (χ0n) is 10.4. The van der Waals surface area contributed by atoms with E-state index in [0.29, 0.717) is 24.5 Å². The van der Waals surface area contributed by atoms with Gasteiger partial charge in [0.2, 0.25) is 0 Å². The number of carbonyl (C=O) groups is 1. The van der Waals surface area contributed by atoms with Gasteiger partial charge >= 0.3 is 5.97 Å². The first kappa shape index (κ1) is 14.0. The summed E-state index contributed by atoms with van der Waals surface area (Å²) in [5.74, 6) is 0.185. The molecule has 0 aliphatic heterocycles. The molecule has 2 heterocycles. The van der Waals surface area contributed by atoms with Crippen LogP contribution in [0.5, 0.6) is 0 Å². The maximum absolute atomic E-state index is 11.8. The molecule has 0 fully saturated rings. The highest BCUT2D eigenvalue weighted by molar-refractivity contribution is 9.10. The molecule has 0 saturated heterocycles. The molecule has 2 aromatic heterocycles. The highest BCUT2D eigenvalue weighted by Crippen LogP contribution is 2.24. The summed E-state index contributed by atoms with van der Waals surface area (Å²) in [7, 11) is 0. The molecule has 0 aliphatic rings. The van der Waals surface area contributed by atoms with Crippen LogP contribution >= 0.6 is 27.3 Å². The van der Waals surface area contributed by atoms with Crippen LogP contribution in [0.15, 0.2) is 34.2 Å². The lowest BCUT2D eigenvalue weighted by Crippen LogP contribution is -2.10. The van der Waals surface area contributed by atoms with Crippen molar-refractivity contribution in [2.75, 3.05) is 11.9 Å². The van der Waals surface area contributed by atoms with Crippen LogP contribution < -0.4 is 5.32 Å². The Morgan fingerprint density at radius 3 is 3.05 bits per heavy atom. The van der Waals surface area contributed by atoms with Crippen LogP contribution in [-0.4, -0.2) is 17.6 Å². The fraction of sp³-hybridized carbons (Fsp3) is 0.231. The zero-order valence-corrected chi connectivity index (χ0v) is 12.8. The van der Waals surface area contributed by atoms with Gasteiger partial charge in [-0.05, 0) is 46.4 Å². The number of pyridine rings is 1. The number of carbonyl (C=O) groups excluding carboxylic acids is 1. The Hall–Kier alpha value is -1.40. The molecule has 0 bridgehead atoms. The van der Waals surface area contributed by atoms with Gasteiger partial charge in [0.05, 0.1) is 13.2 Å². The minimum Gasteiger partial charge on any atom is -0.462 e. The summed E-state index contributed by atoms with van der Waals surface area (Å²) in [6.07, 6.45) is 1.65. The van der Waals surface area contributed by atoms with Gasteiger partial charge in [0.25, 0.3) is 0 Å². The zero-order chi connectivity index (χ0) is 13.7. The molecular formula is C13H13BrN2O2S. The van der Waals surface area contributed by atoms with E-state index in [2.05, 4.69) is 26.2 Å². The maximum Gasteiger partial charge on any atom is 0.341 e. The summed E-state index contributed by atoms with van der Waals surface area (Å²) < 4.78 is 6.06. The number of aromatic nitrogens is 1. The molecule has 0 radical (unpaired) electrons. The van der Waals surface area contributed by atoms with E-state index < -0.39 is 0 Å². The molecule has 0 saturated carbocycles. The number of anilines is 1. The van der Waals surface area contributed by atoms with E-state index in [1.165, 1.54) is 0 Å². The molecule has 0 atom stereocenters. The van der Waals surface area contributed by atoms with Gasteiger partial charge < -0.3 is 10.1 Å². The Labute approximate surface area is 124 Å². The van der Waals surface area contributed by atoms with Gasteiger partial charge in [-0.25, -0.2) is 9.78 Å². The number of halogens is 1. The van der Waals surface area contributed by atoms with Crippen molar-refractivity contribution in [1.29, 1.82) is 0 Å². The lowest BCUT2D eigenvalue weighted by molar-refractivity contribution is 0.0527. The van der Waals surface area contributed by atoms with Crippen molar-refractivity contribution in [2.24, 2.45) is 0 Å². The normalized spacial score (nSPS) is 10.2. The van der Waals surface area contributed by atoms with E-state index in [1.54, 1.807) is 36.6 Å². The van der Waals surface area contributed by atoms with Crippen LogP contribution in [0.4, 0.5) is 5.82 Å². The second-order valence-corrected chi connectivity index (χ2v) is 5.52. The molecule has 4 nitrogen and oxygen atoms in total. The van der Waals surface area contributed by atoms with Gasteiger partial charge in [-0.3, -0.25) is 0 Å². The van der Waals surface area contributed by atoms with E-state index in [4.69, 9.17) is 4.74 Å². The van der Waals surface area contributed by atoms with Crippen molar-refractivity contribution in [3.63, 3.8) is 0 Å². The second kappa shape index (κ2) is 6.68. The fourth-order valence-electron chi connectivity index (χ4n) is 1.53. The largest absolute Gasteiger partial charge is 0.462 e. The van der Waals surface area contributed by atoms with Crippen LogP contribution in [0.1, 0.15) is 22.2 Å². The molecule has 0 amide bonds. The summed E-state index contributed by atoms with van der Waals surface area (Å²) in [4.78, 5) is 17.1. The molecule has 2 aromatic rings. The average Bonchev–Trinajstić information content (AvgIpc) is 2.82. The predicted octanol–water partition coefficient (Wildman–Crippen LogP) is 3.69. The standard InChI is InChI=1S/C13H13BrN2O2S/c1-2-18-13(17)9-4-3-6-15-12(9)16-8-11-10(14)5-7-19-11/h3-7H,2,8H2,1H3,(H,15,16). The Bertz CT molecular complexity index is 571. The quantitative estimate of drug-likeness (QED) is 0.843. The predicted molar refractivity (Wildman–Crippen MR) is 79.5 cm³/mol. The first-order chi connectivity index (χ1) is 9.22. The second-order valence-electron chi connectivity index (χ2n) is 3.67. The number of ether oxygens (including phenoxy) is 1. The molecular weight excluding hydrogens is 328 g/mol. The van der Waals surface area contributed by atoms with Crippen LogP contribution in [0.2, 0.25) is 0 Å². The van der Waals surface area contributed by atoms with Crippen molar-refractivity contribution < 1.29 is 9.53 Å². The Morgan fingerprint density at radius 1 is 1.53 bits per heavy atom. The first-order valence-electron chi connectivity index (χ1n) is 5.80. The highest BCUT2D eigenvalue weighted by Gasteiger charge is 2.13. The molecule has 2 rings (SSSR count). The number of esters is 1. The first-order valence-corrected chi connectivity index (χ1v) is 7.47. The van der Waals surface area contributed by atoms with Crippen molar-refractivity contribution in [2.45, 2.75) is 13.5 Å². The molecule has 100 valence electrons. The molecule has 6 heteroatoms. The topological polar surface area (TPSA) is 51.2 Å². The summed E-state index contributed by atoms with van der Waals surface area (Å²) in [5.41, 5.74) is 0.456. The third-order valence-corrected chi connectivity index (χ3v) is 4.34. The number of hydrogen-bond donors (Lipinski definition) is 1. The van der Waals surface area contributed by atoms with Gasteiger partial charge in [0, 0.05) is 15.5 Å². The number of nitrogens with one attached hydrogen (secondary N) is 1. The number of nitrogens with zero attached hydrogens (tertiary/aromatic N) is 1. The van der Waals surface area contributed by atoms with E-state index in [-0.39, 0.29) is 5.97 Å². The number of thiophene rings is 1. The number of hydrogen-bond acceptors (Lipinski definition) is 5. The van der Waals surface area contributed by atoms with Gasteiger partial charge in [-0.1, -0.05) is 0 Å². The SMILES string of the molecule is CCOC(=O)c1cccnc1NCc1sccc1Br. The molecule has 19 heavy (non-hydrogen) atoms. The van der Waals surface area contributed by atoms with E-state index >= 15 is 0 Å². The molecule has 0 aliphatic carbocycles. The third-order valence-electron chi connectivity index (χ3n) is 2.41. The average molecular weight is 341 g/mol. The van der Waals surface area contributed by atoms with Crippen molar-refractivity contribution >= 4 is 39.1 Å². The lowest BCUT2D eigenvalue weighted by atomic mass is 10.2. The van der Waals surface area contributed by atoms with Crippen LogP contribution in [0.3, 0.4) is 0 Å². The minimum atomic E-state index is -0.358. The van der Waals surface area contributed by atoms with Crippen molar-refractivity contribution in [3.05, 3.63) is 44.7 Å². The minimum absolute atomic E-state index is 0.351. The molecule has 0 aromatic carbocycles. The van der Waals surface area contributed by atoms with Crippen molar-refractivity contribution in [3.8, 4) is 0 Å². The van der Waals surface area contributed by atoms with Crippen molar-refractivity contribution in [1.82, 2.24) is 4.98 Å². The van der Waals surface area contributed by atoms with Crippen LogP contribution in [-0.2, 0) is 11.3 Å². The van der Waals surface area contributed by atoms with E-state index in [9.17, 15) is 4.79 Å². The highest BCUT2D eigenvalue weighted by atomic mass is 79.9. The summed E-state index contributed by atoms with van der Waals surface area (Å²) in [6.45, 7) is 2.75. The van der Waals surface area contributed by atoms with Crippen LogP contribution in [0, 0.1) is 0 Å². The van der Waals surface area contributed by atoms with E-state index in [0.717, 1.165) is 9.35 Å². The third kappa shape index (κ3) is 3.54. The molecule has 0 unspecified atom stereocenters. The Morgan fingerprint density at radius 2 is 2.37 bits per heavy atom. The molecule has 1 N–H and O–H groups in total. The van der Waals surface area contributed by atoms with Gasteiger partial charge in [-0.2, -0.15) is 0 Å². The van der Waals surface area contributed by atoms with Gasteiger partial charge in [0.1, 0.15) is 11.4 Å². The molecule has 0 spiro atoms. The van der Waals surface area contributed by atoms with Gasteiger partial charge in [0.15, 0.2) is 0 Å². The summed E-state index contributed by atoms with van der Waals surface area (Å²) in [5, 5.41) is 5.17. The van der Waals surface area contributed by atoms with Gasteiger partial charge in [-0.15, -0.1) is 11.3 Å². The maximum atomic E-state index is 11.8. The Kier molecular flexibility index (Phi) is 4.93. The Balaban J connectivity index is 2.12. The summed E-state index contributed by atoms with van der Waals surface area (Å²) >= 11 is 5.11. The monoisotopic (exact) mass is 340 g/mol. The van der Waals surface area contributed by atoms with E-state index in [1.807, 2.05) is 11.4 Å². The van der Waals surface area contributed by atoms with Crippen LogP contribution in [0.25, 0.3) is 0 Å².